The number of likely N-dealkylation sites (tertiary alicyclic amines) is 1. The second-order valence-electron chi connectivity index (χ2n) is 5.82. The van der Waals surface area contributed by atoms with E-state index < -0.39 is 5.97 Å². The maximum absolute atomic E-state index is 12.4. The van der Waals surface area contributed by atoms with E-state index in [0.717, 1.165) is 16.3 Å². The number of hydrogen-bond acceptors (Lipinski definition) is 4. The number of piperidine rings is 1. The highest BCUT2D eigenvalue weighted by atomic mass is 35.5. The Hall–Kier alpha value is -1.92. The number of carbonyl (C=O) groups is 2. The number of rotatable bonds is 4. The van der Waals surface area contributed by atoms with Crippen LogP contribution in [-0.4, -0.2) is 40.0 Å². The van der Waals surface area contributed by atoms with Gasteiger partial charge in [0.15, 0.2) is 0 Å². The van der Waals surface area contributed by atoms with E-state index in [1.165, 1.54) is 11.3 Å². The van der Waals surface area contributed by atoms with Crippen LogP contribution in [0.15, 0.2) is 29.6 Å². The Balaban J connectivity index is 1.61. The van der Waals surface area contributed by atoms with Gasteiger partial charge in [-0.2, -0.15) is 0 Å². The summed E-state index contributed by atoms with van der Waals surface area (Å²) < 4.78 is 0. The molecule has 0 radical (unpaired) electrons. The normalized spacial score (nSPS) is 15.5. The van der Waals surface area contributed by atoms with Gasteiger partial charge in [0.05, 0.1) is 18.0 Å². The van der Waals surface area contributed by atoms with Crippen molar-refractivity contribution in [3.05, 3.63) is 40.4 Å². The van der Waals surface area contributed by atoms with Crippen LogP contribution in [0.4, 0.5) is 0 Å². The molecule has 24 heavy (non-hydrogen) atoms. The molecule has 1 fully saturated rings. The van der Waals surface area contributed by atoms with Crippen LogP contribution >= 0.6 is 22.9 Å². The van der Waals surface area contributed by atoms with Crippen molar-refractivity contribution < 1.29 is 14.7 Å². The number of carboxylic acid groups (broad SMARTS) is 1. The SMILES string of the molecule is O=C(O)C1CCN(C(=O)Cc2csc(-c3cccc(Cl)c3)n2)CC1. The van der Waals surface area contributed by atoms with Gasteiger partial charge in [-0.25, -0.2) is 4.98 Å². The predicted octanol–water partition coefficient (Wildman–Crippen LogP) is 3.33. The van der Waals surface area contributed by atoms with Crippen molar-refractivity contribution >= 4 is 34.8 Å². The van der Waals surface area contributed by atoms with Crippen molar-refractivity contribution in [3.63, 3.8) is 0 Å². The highest BCUT2D eigenvalue weighted by Crippen LogP contribution is 2.26. The molecule has 1 saturated heterocycles. The first-order valence-electron chi connectivity index (χ1n) is 7.74. The lowest BCUT2D eigenvalue weighted by atomic mass is 9.97. The first-order valence-corrected chi connectivity index (χ1v) is 8.99. The van der Waals surface area contributed by atoms with Crippen LogP contribution in [-0.2, 0) is 16.0 Å². The molecule has 0 saturated carbocycles. The van der Waals surface area contributed by atoms with Gasteiger partial charge in [0, 0.05) is 29.1 Å². The van der Waals surface area contributed by atoms with Crippen LogP contribution < -0.4 is 0 Å². The molecule has 1 aliphatic rings. The first kappa shape index (κ1) is 16.9. The molecule has 0 spiro atoms. The fourth-order valence-corrected chi connectivity index (χ4v) is 3.79. The molecule has 0 aliphatic carbocycles. The zero-order valence-electron chi connectivity index (χ0n) is 12.9. The summed E-state index contributed by atoms with van der Waals surface area (Å²) in [4.78, 5) is 29.6. The standard InChI is InChI=1S/C17H17ClN2O3S/c18-13-3-1-2-12(8-13)16-19-14(10-24-16)9-15(21)20-6-4-11(5-7-20)17(22)23/h1-3,8,10-11H,4-7,9H2,(H,22,23). The third kappa shape index (κ3) is 3.94. The second kappa shape index (κ2) is 7.32. The monoisotopic (exact) mass is 364 g/mol. The molecule has 3 rings (SSSR count). The highest BCUT2D eigenvalue weighted by Gasteiger charge is 2.27. The minimum Gasteiger partial charge on any atom is -0.481 e. The molecule has 1 aromatic carbocycles. The number of nitrogens with zero attached hydrogens (tertiary/aromatic N) is 2. The number of aromatic nitrogens is 1. The Morgan fingerprint density at radius 1 is 1.33 bits per heavy atom. The van der Waals surface area contributed by atoms with E-state index in [2.05, 4.69) is 4.98 Å². The molecular weight excluding hydrogens is 348 g/mol. The van der Waals surface area contributed by atoms with Crippen LogP contribution in [0.1, 0.15) is 18.5 Å². The summed E-state index contributed by atoms with van der Waals surface area (Å²) in [5, 5.41) is 12.4. The number of amides is 1. The predicted molar refractivity (Wildman–Crippen MR) is 93.2 cm³/mol. The number of hydrogen-bond donors (Lipinski definition) is 1. The fourth-order valence-electron chi connectivity index (χ4n) is 2.78. The van der Waals surface area contributed by atoms with Gasteiger partial charge in [-0.05, 0) is 25.0 Å². The summed E-state index contributed by atoms with van der Waals surface area (Å²) >= 11 is 7.48. The van der Waals surface area contributed by atoms with Gasteiger partial charge in [0.25, 0.3) is 0 Å². The molecule has 1 aliphatic heterocycles. The van der Waals surface area contributed by atoms with Crippen LogP contribution in [0.2, 0.25) is 5.02 Å². The van der Waals surface area contributed by atoms with Gasteiger partial charge in [0.1, 0.15) is 5.01 Å². The van der Waals surface area contributed by atoms with E-state index in [9.17, 15) is 9.59 Å². The minimum absolute atomic E-state index is 0.00165. The Bertz CT molecular complexity index is 754. The lowest BCUT2D eigenvalue weighted by Gasteiger charge is -2.30. The molecule has 2 aromatic rings. The maximum atomic E-state index is 12.4. The Morgan fingerprint density at radius 2 is 2.08 bits per heavy atom. The first-order chi connectivity index (χ1) is 11.5. The smallest absolute Gasteiger partial charge is 0.306 e. The molecule has 0 unspecified atom stereocenters. The average molecular weight is 365 g/mol. The summed E-state index contributed by atoms with van der Waals surface area (Å²) in [6.07, 6.45) is 1.28. The van der Waals surface area contributed by atoms with Crippen LogP contribution in [0.25, 0.3) is 10.6 Å². The summed E-state index contributed by atoms with van der Waals surface area (Å²) in [5.74, 6) is -1.10. The van der Waals surface area contributed by atoms with Crippen molar-refractivity contribution in [2.24, 2.45) is 5.92 Å². The molecule has 7 heteroatoms. The van der Waals surface area contributed by atoms with E-state index in [0.29, 0.717) is 31.0 Å². The van der Waals surface area contributed by atoms with E-state index in [-0.39, 0.29) is 18.2 Å². The van der Waals surface area contributed by atoms with Crippen LogP contribution in [0.5, 0.6) is 0 Å². The number of benzene rings is 1. The van der Waals surface area contributed by atoms with E-state index >= 15 is 0 Å². The Morgan fingerprint density at radius 3 is 2.75 bits per heavy atom. The lowest BCUT2D eigenvalue weighted by molar-refractivity contribution is -0.145. The summed E-state index contributed by atoms with van der Waals surface area (Å²) in [6.45, 7) is 1.00. The zero-order chi connectivity index (χ0) is 17.1. The number of carboxylic acids is 1. The topological polar surface area (TPSA) is 70.5 Å². The maximum Gasteiger partial charge on any atom is 0.306 e. The van der Waals surface area contributed by atoms with Gasteiger partial charge in [-0.1, -0.05) is 23.7 Å². The van der Waals surface area contributed by atoms with Gasteiger partial charge < -0.3 is 10.0 Å². The van der Waals surface area contributed by atoms with Crippen molar-refractivity contribution in [1.82, 2.24) is 9.88 Å². The molecule has 126 valence electrons. The van der Waals surface area contributed by atoms with Gasteiger partial charge in [-0.3, -0.25) is 9.59 Å². The van der Waals surface area contributed by atoms with Crippen molar-refractivity contribution in [1.29, 1.82) is 0 Å². The van der Waals surface area contributed by atoms with Crippen molar-refractivity contribution in [2.45, 2.75) is 19.3 Å². The molecule has 1 N–H and O–H groups in total. The molecular formula is C17H17ClN2O3S. The summed E-state index contributed by atoms with van der Waals surface area (Å²) in [5.41, 5.74) is 1.67. The van der Waals surface area contributed by atoms with Gasteiger partial charge >= 0.3 is 5.97 Å². The molecule has 0 atom stereocenters. The Kier molecular flexibility index (Phi) is 5.16. The summed E-state index contributed by atoms with van der Waals surface area (Å²) in [7, 11) is 0. The molecule has 2 heterocycles. The van der Waals surface area contributed by atoms with Crippen LogP contribution in [0.3, 0.4) is 0 Å². The van der Waals surface area contributed by atoms with Crippen molar-refractivity contribution in [3.8, 4) is 10.6 Å². The number of halogens is 1. The van der Waals surface area contributed by atoms with Gasteiger partial charge in [0.2, 0.25) is 5.91 Å². The number of aliphatic carboxylic acids is 1. The fraction of sp³-hybridized carbons (Fsp3) is 0.353. The largest absolute Gasteiger partial charge is 0.481 e. The molecule has 5 nitrogen and oxygen atoms in total. The average Bonchev–Trinajstić information content (AvgIpc) is 3.03. The minimum atomic E-state index is -0.771. The lowest BCUT2D eigenvalue weighted by Crippen LogP contribution is -2.41. The third-order valence-corrected chi connectivity index (χ3v) is 5.33. The number of carbonyl (C=O) groups excluding carboxylic acids is 1. The van der Waals surface area contributed by atoms with Crippen LogP contribution in [0, 0.1) is 5.92 Å². The highest BCUT2D eigenvalue weighted by molar-refractivity contribution is 7.13. The van der Waals surface area contributed by atoms with E-state index in [4.69, 9.17) is 16.7 Å². The third-order valence-electron chi connectivity index (χ3n) is 4.15. The number of thiazole rings is 1. The van der Waals surface area contributed by atoms with E-state index in [1.807, 2.05) is 29.6 Å². The van der Waals surface area contributed by atoms with Crippen molar-refractivity contribution in [2.75, 3.05) is 13.1 Å². The summed E-state index contributed by atoms with van der Waals surface area (Å²) in [6, 6.07) is 7.47. The Labute approximate surface area is 148 Å². The zero-order valence-corrected chi connectivity index (χ0v) is 14.5. The molecule has 1 amide bonds. The molecule has 0 bridgehead atoms. The second-order valence-corrected chi connectivity index (χ2v) is 7.12. The van der Waals surface area contributed by atoms with E-state index in [1.54, 1.807) is 4.90 Å². The molecule has 1 aromatic heterocycles. The quantitative estimate of drug-likeness (QED) is 0.903. The van der Waals surface area contributed by atoms with Gasteiger partial charge in [-0.15, -0.1) is 11.3 Å².